The Morgan fingerprint density at radius 1 is 1.05 bits per heavy atom. The van der Waals surface area contributed by atoms with Crippen molar-refractivity contribution in [3.63, 3.8) is 0 Å². The fraction of sp³-hybridized carbons (Fsp3) is 1.00. The van der Waals surface area contributed by atoms with Crippen LogP contribution < -0.4 is 5.32 Å². The average molecular weight is 265 g/mol. The van der Waals surface area contributed by atoms with Crippen LogP contribution in [0.2, 0.25) is 0 Å². The van der Waals surface area contributed by atoms with Crippen LogP contribution in [0.1, 0.15) is 59.3 Å². The topological polar surface area (TPSA) is 32.3 Å². The smallest absolute Gasteiger partial charge is 0.0590 e. The fourth-order valence-corrected chi connectivity index (χ4v) is 5.51. The van der Waals surface area contributed by atoms with Gasteiger partial charge in [-0.05, 0) is 67.1 Å². The second-order valence-corrected chi connectivity index (χ2v) is 8.96. The number of nitrogens with one attached hydrogen (secondary N) is 1. The van der Waals surface area contributed by atoms with Gasteiger partial charge in [-0.1, -0.05) is 20.8 Å². The molecule has 0 aromatic heterocycles. The highest BCUT2D eigenvalue weighted by Gasteiger charge is 2.53. The number of aliphatic hydroxyl groups excluding tert-OH is 1. The summed E-state index contributed by atoms with van der Waals surface area (Å²) in [5.74, 6) is 2.91. The predicted molar refractivity (Wildman–Crippen MR) is 78.9 cm³/mol. The number of rotatable bonds is 4. The summed E-state index contributed by atoms with van der Waals surface area (Å²) in [7, 11) is 0. The quantitative estimate of drug-likeness (QED) is 0.818. The maximum atomic E-state index is 9.92. The van der Waals surface area contributed by atoms with E-state index in [0.717, 1.165) is 24.3 Å². The maximum absolute atomic E-state index is 9.92. The third-order valence-electron chi connectivity index (χ3n) is 5.89. The molecule has 110 valence electrons. The Morgan fingerprint density at radius 3 is 1.89 bits per heavy atom. The van der Waals surface area contributed by atoms with Gasteiger partial charge in [0.25, 0.3) is 0 Å². The average Bonchev–Trinajstić information content (AvgIpc) is 2.25. The number of aliphatic hydroxyl groups is 1. The first-order valence-corrected chi connectivity index (χ1v) is 8.24. The van der Waals surface area contributed by atoms with E-state index in [1.54, 1.807) is 0 Å². The van der Waals surface area contributed by atoms with Gasteiger partial charge in [-0.2, -0.15) is 0 Å². The Hall–Kier alpha value is -0.0800. The lowest BCUT2D eigenvalue weighted by molar-refractivity contribution is -0.0835. The minimum absolute atomic E-state index is 0.301. The molecule has 2 N–H and O–H groups in total. The van der Waals surface area contributed by atoms with Crippen LogP contribution >= 0.6 is 0 Å². The second-order valence-electron chi connectivity index (χ2n) is 8.96. The molecule has 0 saturated heterocycles. The molecule has 0 radical (unpaired) electrons. The van der Waals surface area contributed by atoms with Crippen molar-refractivity contribution in [1.29, 1.82) is 0 Å². The number of hydrogen-bond acceptors (Lipinski definition) is 2. The van der Waals surface area contributed by atoms with Crippen molar-refractivity contribution in [2.24, 2.45) is 28.6 Å². The molecule has 0 aromatic rings. The van der Waals surface area contributed by atoms with Crippen molar-refractivity contribution in [2.45, 2.75) is 65.3 Å². The first-order valence-electron chi connectivity index (χ1n) is 8.24. The van der Waals surface area contributed by atoms with Gasteiger partial charge in [0.15, 0.2) is 0 Å². The molecule has 0 spiro atoms. The molecule has 2 heteroatoms. The first kappa shape index (κ1) is 13.9. The fourth-order valence-electron chi connectivity index (χ4n) is 5.51. The van der Waals surface area contributed by atoms with E-state index in [0.29, 0.717) is 23.5 Å². The van der Waals surface area contributed by atoms with E-state index in [9.17, 15) is 5.11 Å². The van der Waals surface area contributed by atoms with Crippen LogP contribution in [0.25, 0.3) is 0 Å². The monoisotopic (exact) mass is 265 g/mol. The van der Waals surface area contributed by atoms with E-state index in [2.05, 4.69) is 26.1 Å². The molecule has 4 rings (SSSR count). The summed E-state index contributed by atoms with van der Waals surface area (Å²) in [5, 5.41) is 13.6. The molecular formula is C17H31NO. The Morgan fingerprint density at radius 2 is 1.53 bits per heavy atom. The lowest BCUT2D eigenvalue weighted by atomic mass is 9.47. The molecule has 4 saturated carbocycles. The van der Waals surface area contributed by atoms with Gasteiger partial charge in [0.2, 0.25) is 0 Å². The van der Waals surface area contributed by atoms with Crippen LogP contribution in [0.5, 0.6) is 0 Å². The lowest BCUT2D eigenvalue weighted by Crippen LogP contribution is -2.58. The van der Waals surface area contributed by atoms with Crippen molar-refractivity contribution < 1.29 is 5.11 Å². The minimum atomic E-state index is 0.301. The molecule has 0 heterocycles. The lowest BCUT2D eigenvalue weighted by Gasteiger charge is -2.59. The van der Waals surface area contributed by atoms with Gasteiger partial charge in [-0.3, -0.25) is 0 Å². The van der Waals surface area contributed by atoms with Crippen molar-refractivity contribution in [1.82, 2.24) is 5.32 Å². The van der Waals surface area contributed by atoms with Crippen molar-refractivity contribution >= 4 is 0 Å². The molecule has 4 aliphatic carbocycles. The van der Waals surface area contributed by atoms with Crippen molar-refractivity contribution in [3.05, 3.63) is 0 Å². The zero-order valence-corrected chi connectivity index (χ0v) is 12.9. The summed E-state index contributed by atoms with van der Waals surface area (Å²) in [4.78, 5) is 0. The normalized spacial score (nSPS) is 42.6. The molecule has 19 heavy (non-hydrogen) atoms. The minimum Gasteiger partial charge on any atom is -0.395 e. The van der Waals surface area contributed by atoms with Crippen LogP contribution in [0, 0.1) is 28.6 Å². The number of hydrogen-bond donors (Lipinski definition) is 2. The molecule has 4 aliphatic rings. The largest absolute Gasteiger partial charge is 0.395 e. The summed E-state index contributed by atoms with van der Waals surface area (Å²) >= 11 is 0. The summed E-state index contributed by atoms with van der Waals surface area (Å²) in [5.41, 5.74) is 0.727. The van der Waals surface area contributed by atoms with E-state index in [1.807, 2.05) is 0 Å². The highest BCUT2D eigenvalue weighted by Crippen LogP contribution is 2.61. The van der Waals surface area contributed by atoms with Crippen molar-refractivity contribution in [2.75, 3.05) is 13.2 Å². The van der Waals surface area contributed by atoms with E-state index in [-0.39, 0.29) is 0 Å². The molecule has 0 amide bonds. The van der Waals surface area contributed by atoms with Crippen LogP contribution in [0.4, 0.5) is 0 Å². The SMILES string of the molecule is CC(C)(C)CN[C@H](CO)C12CC3CC(CC(C3)C1)C2. The summed E-state index contributed by atoms with van der Waals surface area (Å²) in [6.07, 6.45) is 8.58. The van der Waals surface area contributed by atoms with Gasteiger partial charge in [-0.15, -0.1) is 0 Å². The molecule has 1 atom stereocenters. The van der Waals surface area contributed by atoms with Crippen LogP contribution in [0.3, 0.4) is 0 Å². The van der Waals surface area contributed by atoms with E-state index in [1.165, 1.54) is 38.5 Å². The van der Waals surface area contributed by atoms with Gasteiger partial charge in [0.05, 0.1) is 6.61 Å². The van der Waals surface area contributed by atoms with Crippen LogP contribution in [-0.4, -0.2) is 24.3 Å². The summed E-state index contributed by atoms with van der Waals surface area (Å²) in [6.45, 7) is 8.15. The van der Waals surface area contributed by atoms with Gasteiger partial charge >= 0.3 is 0 Å². The van der Waals surface area contributed by atoms with E-state index < -0.39 is 0 Å². The first-order chi connectivity index (χ1) is 8.90. The third-order valence-corrected chi connectivity index (χ3v) is 5.89. The Bertz CT molecular complexity index is 295. The molecule has 4 bridgehead atoms. The van der Waals surface area contributed by atoms with Gasteiger partial charge in [0, 0.05) is 12.6 Å². The maximum Gasteiger partial charge on any atom is 0.0590 e. The van der Waals surface area contributed by atoms with Gasteiger partial charge in [0.1, 0.15) is 0 Å². The van der Waals surface area contributed by atoms with Crippen molar-refractivity contribution in [3.8, 4) is 0 Å². The van der Waals surface area contributed by atoms with E-state index >= 15 is 0 Å². The van der Waals surface area contributed by atoms with Crippen LogP contribution in [0.15, 0.2) is 0 Å². The zero-order valence-electron chi connectivity index (χ0n) is 12.9. The molecule has 4 fully saturated rings. The molecule has 2 nitrogen and oxygen atoms in total. The van der Waals surface area contributed by atoms with Gasteiger partial charge in [-0.25, -0.2) is 0 Å². The Labute approximate surface area is 118 Å². The Kier molecular flexibility index (Phi) is 3.46. The molecule has 0 unspecified atom stereocenters. The van der Waals surface area contributed by atoms with Crippen LogP contribution in [-0.2, 0) is 0 Å². The Balaban J connectivity index is 1.71. The third kappa shape index (κ3) is 2.71. The molecule has 0 aliphatic heterocycles. The molecule has 0 aromatic carbocycles. The highest BCUT2D eigenvalue weighted by molar-refractivity contribution is 5.06. The molecular weight excluding hydrogens is 234 g/mol. The van der Waals surface area contributed by atoms with Gasteiger partial charge < -0.3 is 10.4 Å². The summed E-state index contributed by atoms with van der Waals surface area (Å²) in [6, 6.07) is 0.333. The zero-order chi connectivity index (χ0) is 13.7. The second kappa shape index (κ2) is 4.73. The standard InChI is InChI=1S/C17H31NO/c1-16(2,3)11-18-15(10-19)17-7-12-4-13(8-17)6-14(5-12)9-17/h12-15,18-19H,4-11H2,1-3H3/t12?,13?,14?,15-,17?/m1/s1. The predicted octanol–water partition coefficient (Wildman–Crippen LogP) is 3.20. The van der Waals surface area contributed by atoms with E-state index in [4.69, 9.17) is 0 Å². The summed E-state index contributed by atoms with van der Waals surface area (Å²) < 4.78 is 0. The highest BCUT2D eigenvalue weighted by atomic mass is 16.3.